The zero-order chi connectivity index (χ0) is 23.0. The lowest BCUT2D eigenvalue weighted by Gasteiger charge is -2.31. The molecule has 2 aromatic heterocycles. The largest absolute Gasteiger partial charge is 0.444 e. The summed E-state index contributed by atoms with van der Waals surface area (Å²) in [5, 5.41) is 5.40. The van der Waals surface area contributed by atoms with Crippen LogP contribution < -0.4 is 11.1 Å². The van der Waals surface area contributed by atoms with Crippen molar-refractivity contribution in [1.29, 1.82) is 0 Å². The number of aromatic nitrogens is 3. The molecule has 3 aromatic rings. The molecule has 0 atom stereocenters. The van der Waals surface area contributed by atoms with Crippen molar-refractivity contribution >= 4 is 45.6 Å². The molecule has 0 radical (unpaired) electrons. The van der Waals surface area contributed by atoms with Crippen LogP contribution in [0, 0.1) is 0 Å². The smallest absolute Gasteiger partial charge is 0.407 e. The Morgan fingerprint density at radius 1 is 1.22 bits per heavy atom. The number of nitrogens with two attached hydrogens (primary N) is 1. The number of carbonyl (C=O) groups excluding carboxylic acids is 2. The first-order valence-electron chi connectivity index (χ1n) is 10.8. The number of hydrogen-bond donors (Lipinski definition) is 2. The van der Waals surface area contributed by atoms with E-state index in [9.17, 15) is 9.59 Å². The second-order valence-corrected chi connectivity index (χ2v) is 10.00. The highest BCUT2D eigenvalue weighted by Gasteiger charge is 2.28. The van der Waals surface area contributed by atoms with Crippen molar-refractivity contribution in [3.05, 3.63) is 30.1 Å². The van der Waals surface area contributed by atoms with Crippen molar-refractivity contribution in [3.8, 4) is 0 Å². The molecule has 0 spiro atoms. The molecule has 1 aliphatic carbocycles. The predicted molar refractivity (Wildman–Crippen MR) is 126 cm³/mol. The number of benzene rings is 1. The molecule has 1 fully saturated rings. The second-order valence-electron chi connectivity index (χ2n) is 9.22. The van der Waals surface area contributed by atoms with Gasteiger partial charge in [0.2, 0.25) is 0 Å². The van der Waals surface area contributed by atoms with E-state index < -0.39 is 11.5 Å². The first-order chi connectivity index (χ1) is 15.2. The highest BCUT2D eigenvalue weighted by Crippen LogP contribution is 2.36. The third kappa shape index (κ3) is 4.53. The molecule has 0 bridgehead atoms. The fourth-order valence-corrected chi connectivity index (χ4v) is 4.71. The Morgan fingerprint density at radius 2 is 1.94 bits per heavy atom. The first kappa shape index (κ1) is 22.4. The minimum atomic E-state index is -0.519. The second kappa shape index (κ2) is 8.61. The summed E-state index contributed by atoms with van der Waals surface area (Å²) in [4.78, 5) is 33.4. The normalized spacial score (nSPS) is 19.2. The average molecular weight is 456 g/mol. The van der Waals surface area contributed by atoms with Crippen molar-refractivity contribution in [1.82, 2.24) is 19.9 Å². The summed E-state index contributed by atoms with van der Waals surface area (Å²) in [6.07, 6.45) is 8.61. The summed E-state index contributed by atoms with van der Waals surface area (Å²) >= 11 is 1.48. The molecule has 170 valence electrons. The van der Waals surface area contributed by atoms with Gasteiger partial charge < -0.3 is 20.4 Å². The van der Waals surface area contributed by atoms with Crippen LogP contribution in [0.5, 0.6) is 0 Å². The number of carbonyl (C=O) groups is 2. The van der Waals surface area contributed by atoms with E-state index in [-0.39, 0.29) is 18.2 Å². The van der Waals surface area contributed by atoms with Crippen LogP contribution in [0.25, 0.3) is 21.8 Å². The monoisotopic (exact) mass is 455 g/mol. The van der Waals surface area contributed by atoms with Crippen LogP contribution >= 0.6 is 11.8 Å². The van der Waals surface area contributed by atoms with Crippen molar-refractivity contribution in [2.75, 3.05) is 6.26 Å². The third-order valence-electron chi connectivity index (χ3n) is 5.78. The van der Waals surface area contributed by atoms with E-state index in [2.05, 4.69) is 14.9 Å². The van der Waals surface area contributed by atoms with Crippen LogP contribution in [0.3, 0.4) is 0 Å². The lowest BCUT2D eigenvalue weighted by Crippen LogP contribution is -2.41. The quantitative estimate of drug-likeness (QED) is 0.445. The molecular formula is C23H29N5O3S. The van der Waals surface area contributed by atoms with E-state index >= 15 is 0 Å². The molecule has 0 saturated heterocycles. The van der Waals surface area contributed by atoms with E-state index in [1.807, 2.05) is 51.6 Å². The summed E-state index contributed by atoms with van der Waals surface area (Å²) in [7, 11) is 0. The predicted octanol–water partition coefficient (Wildman–Crippen LogP) is 4.41. The Labute approximate surface area is 191 Å². The van der Waals surface area contributed by atoms with Crippen LogP contribution in [-0.4, -0.2) is 44.4 Å². The lowest BCUT2D eigenvalue weighted by molar-refractivity contribution is 0.0488. The van der Waals surface area contributed by atoms with Crippen molar-refractivity contribution < 1.29 is 14.3 Å². The standard InChI is InChI=1S/C23H29N5O3S/c1-23(2,3)31-22(30)26-14-6-8-15(9-7-14)28-12-17(20(24)29)16-10-5-13-11-25-21(32-4)27-18(13)19(16)28/h5,10-12,14-15H,6-9H2,1-4H3,(H2,24,29)(H,26,30)/t14-,15+. The Kier molecular flexibility index (Phi) is 6.03. The molecule has 8 nitrogen and oxygen atoms in total. The molecule has 1 aliphatic rings. The molecule has 2 amide bonds. The molecule has 2 heterocycles. The van der Waals surface area contributed by atoms with Gasteiger partial charge >= 0.3 is 6.09 Å². The van der Waals surface area contributed by atoms with Crippen LogP contribution in [0.1, 0.15) is 62.9 Å². The molecule has 0 aliphatic heterocycles. The zero-order valence-corrected chi connectivity index (χ0v) is 19.7. The van der Waals surface area contributed by atoms with E-state index in [4.69, 9.17) is 15.5 Å². The summed E-state index contributed by atoms with van der Waals surface area (Å²) in [5.74, 6) is -0.451. The number of amides is 2. The molecule has 3 N–H and O–H groups in total. The van der Waals surface area contributed by atoms with E-state index in [0.717, 1.165) is 47.5 Å². The maximum atomic E-state index is 12.2. The van der Waals surface area contributed by atoms with Gasteiger partial charge in [-0.3, -0.25) is 4.79 Å². The molecule has 0 unspecified atom stereocenters. The van der Waals surface area contributed by atoms with Crippen LogP contribution in [0.15, 0.2) is 29.7 Å². The number of fused-ring (bicyclic) bond motifs is 3. The van der Waals surface area contributed by atoms with Gasteiger partial charge in [-0.25, -0.2) is 14.8 Å². The van der Waals surface area contributed by atoms with Gasteiger partial charge in [-0.1, -0.05) is 23.9 Å². The number of hydrogen-bond acceptors (Lipinski definition) is 6. The Hall–Kier alpha value is -2.81. The summed E-state index contributed by atoms with van der Waals surface area (Å²) in [5.41, 5.74) is 7.42. The van der Waals surface area contributed by atoms with Crippen molar-refractivity contribution in [2.24, 2.45) is 5.73 Å². The maximum absolute atomic E-state index is 12.2. The van der Waals surface area contributed by atoms with Crippen LogP contribution in [0.2, 0.25) is 0 Å². The van der Waals surface area contributed by atoms with Gasteiger partial charge in [0.05, 0.1) is 16.6 Å². The van der Waals surface area contributed by atoms with Gasteiger partial charge in [0, 0.05) is 35.2 Å². The van der Waals surface area contributed by atoms with E-state index in [0.29, 0.717) is 10.7 Å². The van der Waals surface area contributed by atoms with Crippen LogP contribution in [-0.2, 0) is 4.74 Å². The first-order valence-corrected chi connectivity index (χ1v) is 12.0. The number of thioether (sulfide) groups is 1. The SMILES string of the molecule is CSc1ncc2ccc3c(C(N)=O)cn([C@H]4CC[C@@H](NC(=O)OC(C)(C)C)CC4)c3c2n1. The highest BCUT2D eigenvalue weighted by molar-refractivity contribution is 7.98. The Balaban J connectivity index is 1.64. The van der Waals surface area contributed by atoms with Crippen LogP contribution in [0.4, 0.5) is 4.79 Å². The highest BCUT2D eigenvalue weighted by atomic mass is 32.2. The number of rotatable bonds is 4. The maximum Gasteiger partial charge on any atom is 0.407 e. The summed E-state index contributed by atoms with van der Waals surface area (Å²) in [6, 6.07) is 4.10. The fraction of sp³-hybridized carbons (Fsp3) is 0.478. The summed E-state index contributed by atoms with van der Waals surface area (Å²) < 4.78 is 7.54. The number of nitrogens with one attached hydrogen (secondary N) is 1. The van der Waals surface area contributed by atoms with E-state index in [1.54, 1.807) is 0 Å². The zero-order valence-electron chi connectivity index (χ0n) is 18.8. The minimum absolute atomic E-state index is 0.0701. The lowest BCUT2D eigenvalue weighted by atomic mass is 9.91. The van der Waals surface area contributed by atoms with Gasteiger partial charge in [0.25, 0.3) is 5.91 Å². The molecule has 9 heteroatoms. The minimum Gasteiger partial charge on any atom is -0.444 e. The Morgan fingerprint density at radius 3 is 2.56 bits per heavy atom. The average Bonchev–Trinajstić information content (AvgIpc) is 3.13. The number of alkyl carbamates (subject to hydrolysis) is 1. The molecule has 1 saturated carbocycles. The van der Waals surface area contributed by atoms with Crippen molar-refractivity contribution in [3.63, 3.8) is 0 Å². The number of nitrogens with zero attached hydrogens (tertiary/aromatic N) is 3. The topological polar surface area (TPSA) is 112 Å². The van der Waals surface area contributed by atoms with Gasteiger partial charge in [-0.15, -0.1) is 0 Å². The number of primary amides is 1. The van der Waals surface area contributed by atoms with Gasteiger partial charge in [-0.05, 0) is 52.7 Å². The molecule has 4 rings (SSSR count). The van der Waals surface area contributed by atoms with Crippen molar-refractivity contribution in [2.45, 2.75) is 69.3 Å². The summed E-state index contributed by atoms with van der Waals surface area (Å²) in [6.45, 7) is 5.56. The fourth-order valence-electron chi connectivity index (χ4n) is 4.37. The van der Waals surface area contributed by atoms with Gasteiger partial charge in [0.15, 0.2) is 5.16 Å². The van der Waals surface area contributed by atoms with E-state index in [1.165, 1.54) is 11.8 Å². The molecule has 32 heavy (non-hydrogen) atoms. The number of ether oxygens (including phenoxy) is 1. The van der Waals surface area contributed by atoms with Gasteiger partial charge in [-0.2, -0.15) is 0 Å². The van der Waals surface area contributed by atoms with Gasteiger partial charge in [0.1, 0.15) is 5.60 Å². The molecular weight excluding hydrogens is 426 g/mol. The Bertz CT molecular complexity index is 1180. The molecule has 1 aromatic carbocycles. The third-order valence-corrected chi connectivity index (χ3v) is 6.34.